The molecule has 0 bridgehead atoms. The molecule has 6 nitrogen and oxygen atoms in total. The van der Waals surface area contributed by atoms with Crippen LogP contribution in [0, 0.1) is 5.82 Å². The molecule has 0 aliphatic rings. The van der Waals surface area contributed by atoms with Crippen LogP contribution in [0.2, 0.25) is 5.02 Å². The Labute approximate surface area is 113 Å². The van der Waals surface area contributed by atoms with E-state index >= 15 is 0 Å². The van der Waals surface area contributed by atoms with Crippen molar-refractivity contribution in [3.8, 4) is 5.69 Å². The fraction of sp³-hybridized carbons (Fsp3) is 0.0909. The summed E-state index contributed by atoms with van der Waals surface area (Å²) in [4.78, 5) is 11.4. The molecule has 0 atom stereocenters. The molecule has 0 unspecified atom stereocenters. The summed E-state index contributed by atoms with van der Waals surface area (Å²) in [7, 11) is 1.47. The first-order valence-corrected chi connectivity index (χ1v) is 5.64. The number of nitrogens with one attached hydrogen (secondary N) is 1. The molecule has 0 aliphatic heterocycles. The average Bonchev–Trinajstić information content (AvgIpc) is 2.84. The minimum atomic E-state index is -0.786. The number of nitrogens with two attached hydrogens (primary N) is 2. The molecule has 0 radical (unpaired) electrons. The van der Waals surface area contributed by atoms with Crippen LogP contribution in [-0.2, 0) is 0 Å². The Morgan fingerprint density at radius 3 is 2.79 bits per heavy atom. The second-order valence-corrected chi connectivity index (χ2v) is 4.13. The summed E-state index contributed by atoms with van der Waals surface area (Å²) in [6, 6.07) is 2.77. The number of hydrogen-bond donors (Lipinski definition) is 3. The second kappa shape index (κ2) is 4.77. The maximum absolute atomic E-state index is 14.0. The number of anilines is 2. The number of carbonyl (C=O) groups excluding carboxylic acids is 1. The smallest absolute Gasteiger partial charge is 0.271 e. The zero-order valence-electron chi connectivity index (χ0n) is 9.95. The van der Waals surface area contributed by atoms with Gasteiger partial charge in [-0.1, -0.05) is 11.6 Å². The molecule has 0 saturated carbocycles. The van der Waals surface area contributed by atoms with Crippen LogP contribution in [0.25, 0.3) is 5.69 Å². The lowest BCUT2D eigenvalue weighted by molar-refractivity contribution is 0.0957. The van der Waals surface area contributed by atoms with Gasteiger partial charge in [-0.15, -0.1) is 0 Å². The normalized spacial score (nSPS) is 10.5. The van der Waals surface area contributed by atoms with E-state index in [-0.39, 0.29) is 33.7 Å². The average molecular weight is 284 g/mol. The van der Waals surface area contributed by atoms with Crippen LogP contribution in [-0.4, -0.2) is 22.7 Å². The van der Waals surface area contributed by atoms with E-state index in [1.807, 2.05) is 0 Å². The van der Waals surface area contributed by atoms with Gasteiger partial charge in [0.1, 0.15) is 10.7 Å². The second-order valence-electron chi connectivity index (χ2n) is 3.76. The Bertz CT molecular complexity index is 655. The van der Waals surface area contributed by atoms with Gasteiger partial charge in [-0.3, -0.25) is 4.79 Å². The monoisotopic (exact) mass is 283 g/mol. The first-order valence-electron chi connectivity index (χ1n) is 5.26. The fourth-order valence-corrected chi connectivity index (χ4v) is 1.73. The molecular formula is C11H11ClFN5O. The van der Waals surface area contributed by atoms with E-state index in [1.54, 1.807) is 0 Å². The number of rotatable bonds is 2. The lowest BCUT2D eigenvalue weighted by Crippen LogP contribution is -2.18. The highest BCUT2D eigenvalue weighted by molar-refractivity contribution is 6.33. The molecule has 1 amide bonds. The summed E-state index contributed by atoms with van der Waals surface area (Å²) < 4.78 is 15.2. The lowest BCUT2D eigenvalue weighted by atomic mass is 10.2. The highest BCUT2D eigenvalue weighted by Crippen LogP contribution is 2.32. The number of nitrogen functional groups attached to an aromatic ring is 2. The Balaban J connectivity index is 2.57. The third kappa shape index (κ3) is 2.19. The number of amides is 1. The number of hydrogen-bond acceptors (Lipinski definition) is 4. The standard InChI is InChI=1S/C11H11ClFN5O/c1-16-11(19)7-2-3-18(17-7)10-6(15)4-5(14)8(12)9(10)13/h2-4H,14-15H2,1H3,(H,16,19). The Kier molecular flexibility index (Phi) is 3.30. The van der Waals surface area contributed by atoms with Crippen molar-refractivity contribution in [3.05, 3.63) is 34.9 Å². The predicted octanol–water partition coefficient (Wildman–Crippen LogP) is 1.19. The van der Waals surface area contributed by atoms with Crippen LogP contribution in [0.3, 0.4) is 0 Å². The number of carbonyl (C=O) groups is 1. The van der Waals surface area contributed by atoms with Crippen LogP contribution >= 0.6 is 11.6 Å². The number of aromatic nitrogens is 2. The molecule has 2 rings (SSSR count). The number of benzene rings is 1. The zero-order chi connectivity index (χ0) is 14.2. The van der Waals surface area contributed by atoms with Crippen LogP contribution in [0.4, 0.5) is 15.8 Å². The first kappa shape index (κ1) is 13.2. The molecule has 1 heterocycles. The summed E-state index contributed by atoms with van der Waals surface area (Å²) in [6.45, 7) is 0. The summed E-state index contributed by atoms with van der Waals surface area (Å²) in [6.07, 6.45) is 1.41. The van der Waals surface area contributed by atoms with Crippen molar-refractivity contribution >= 4 is 28.9 Å². The van der Waals surface area contributed by atoms with Gasteiger partial charge in [0, 0.05) is 13.2 Å². The van der Waals surface area contributed by atoms with Crippen molar-refractivity contribution in [3.63, 3.8) is 0 Å². The van der Waals surface area contributed by atoms with E-state index in [0.29, 0.717) is 0 Å². The summed E-state index contributed by atoms with van der Waals surface area (Å²) in [5.74, 6) is -1.18. The third-order valence-electron chi connectivity index (χ3n) is 2.52. The lowest BCUT2D eigenvalue weighted by Gasteiger charge is -2.10. The van der Waals surface area contributed by atoms with Crippen molar-refractivity contribution in [1.82, 2.24) is 15.1 Å². The van der Waals surface area contributed by atoms with Gasteiger partial charge in [-0.2, -0.15) is 5.10 Å². The Hall–Kier alpha value is -2.28. The molecular weight excluding hydrogens is 273 g/mol. The van der Waals surface area contributed by atoms with Gasteiger partial charge in [0.15, 0.2) is 11.5 Å². The molecule has 0 aliphatic carbocycles. The van der Waals surface area contributed by atoms with E-state index in [1.165, 1.54) is 25.4 Å². The molecule has 0 spiro atoms. The van der Waals surface area contributed by atoms with Crippen molar-refractivity contribution in [2.45, 2.75) is 0 Å². The molecule has 1 aromatic carbocycles. The van der Waals surface area contributed by atoms with Crippen molar-refractivity contribution < 1.29 is 9.18 Å². The Morgan fingerprint density at radius 2 is 2.16 bits per heavy atom. The van der Waals surface area contributed by atoms with Gasteiger partial charge >= 0.3 is 0 Å². The summed E-state index contributed by atoms with van der Waals surface area (Å²) in [5, 5.41) is 6.10. The fourth-order valence-electron chi connectivity index (χ4n) is 1.59. The van der Waals surface area contributed by atoms with E-state index in [0.717, 1.165) is 4.68 Å². The van der Waals surface area contributed by atoms with Gasteiger partial charge in [-0.25, -0.2) is 9.07 Å². The minimum absolute atomic E-state index is 0.0408. The van der Waals surface area contributed by atoms with E-state index in [9.17, 15) is 9.18 Å². The summed E-state index contributed by atoms with van der Waals surface area (Å²) in [5.41, 5.74) is 11.4. The van der Waals surface area contributed by atoms with Gasteiger partial charge in [0.25, 0.3) is 5.91 Å². The van der Waals surface area contributed by atoms with Crippen LogP contribution in [0.1, 0.15) is 10.5 Å². The molecule has 0 fully saturated rings. The van der Waals surface area contributed by atoms with Gasteiger partial charge in [0.2, 0.25) is 0 Å². The van der Waals surface area contributed by atoms with E-state index in [2.05, 4.69) is 10.4 Å². The maximum Gasteiger partial charge on any atom is 0.271 e. The third-order valence-corrected chi connectivity index (χ3v) is 2.90. The number of nitrogens with zero attached hydrogens (tertiary/aromatic N) is 2. The topological polar surface area (TPSA) is 99.0 Å². The number of halogens is 2. The van der Waals surface area contributed by atoms with Gasteiger partial charge in [-0.05, 0) is 12.1 Å². The quantitative estimate of drug-likeness (QED) is 0.721. The largest absolute Gasteiger partial charge is 0.397 e. The molecule has 8 heteroatoms. The molecule has 5 N–H and O–H groups in total. The van der Waals surface area contributed by atoms with Gasteiger partial charge in [0.05, 0.1) is 11.4 Å². The zero-order valence-corrected chi connectivity index (χ0v) is 10.7. The SMILES string of the molecule is CNC(=O)c1ccn(-c2c(N)cc(N)c(Cl)c2F)n1. The van der Waals surface area contributed by atoms with Crippen LogP contribution in [0.5, 0.6) is 0 Å². The van der Waals surface area contributed by atoms with Crippen LogP contribution < -0.4 is 16.8 Å². The van der Waals surface area contributed by atoms with Gasteiger partial charge < -0.3 is 16.8 Å². The maximum atomic E-state index is 14.0. The van der Waals surface area contributed by atoms with Crippen LogP contribution in [0.15, 0.2) is 18.3 Å². The predicted molar refractivity (Wildman–Crippen MR) is 70.7 cm³/mol. The Morgan fingerprint density at radius 1 is 1.47 bits per heavy atom. The first-order chi connectivity index (χ1) is 8.95. The van der Waals surface area contributed by atoms with Crippen molar-refractivity contribution in [2.75, 3.05) is 18.5 Å². The van der Waals surface area contributed by atoms with E-state index in [4.69, 9.17) is 23.1 Å². The molecule has 100 valence electrons. The van der Waals surface area contributed by atoms with E-state index < -0.39 is 5.82 Å². The minimum Gasteiger partial charge on any atom is -0.397 e. The molecule has 0 saturated heterocycles. The molecule has 19 heavy (non-hydrogen) atoms. The molecule has 2 aromatic rings. The highest BCUT2D eigenvalue weighted by atomic mass is 35.5. The van der Waals surface area contributed by atoms with Crippen molar-refractivity contribution in [2.24, 2.45) is 0 Å². The van der Waals surface area contributed by atoms with Crippen molar-refractivity contribution in [1.29, 1.82) is 0 Å². The summed E-state index contributed by atoms with van der Waals surface area (Å²) >= 11 is 5.73. The molecule has 1 aromatic heterocycles. The highest BCUT2D eigenvalue weighted by Gasteiger charge is 2.18.